The molecule has 2 aromatic rings. The number of hydrogen-bond acceptors (Lipinski definition) is 5. The molecule has 0 aliphatic carbocycles. The Bertz CT molecular complexity index is 975. The molecule has 0 aromatic heterocycles. The average Bonchev–Trinajstić information content (AvgIpc) is 3.00. The first-order valence-corrected chi connectivity index (χ1v) is 11.1. The number of rotatable bonds is 7. The van der Waals surface area contributed by atoms with E-state index in [1.54, 1.807) is 18.2 Å². The molecular formula is C21H20Cl2N2O2S2. The summed E-state index contributed by atoms with van der Waals surface area (Å²) in [6.45, 7) is 6.26. The first kappa shape index (κ1) is 22.0. The highest BCUT2D eigenvalue weighted by Crippen LogP contribution is 2.33. The van der Waals surface area contributed by atoms with Crippen molar-refractivity contribution in [3.8, 4) is 5.75 Å². The third kappa shape index (κ3) is 5.45. The molecular weight excluding hydrogens is 447 g/mol. The minimum atomic E-state index is -0.195. The SMILES string of the molecule is CCN(CC)c1ccc(/C=C2/SC(=S)NC2=O)c(OCc2ccc(Cl)cc2Cl)c1. The van der Waals surface area contributed by atoms with Gasteiger partial charge < -0.3 is 15.0 Å². The van der Waals surface area contributed by atoms with Gasteiger partial charge in [0.25, 0.3) is 5.91 Å². The summed E-state index contributed by atoms with van der Waals surface area (Å²) < 4.78 is 6.58. The van der Waals surface area contributed by atoms with Crippen molar-refractivity contribution in [3.05, 3.63) is 62.5 Å². The Morgan fingerprint density at radius 2 is 1.93 bits per heavy atom. The zero-order chi connectivity index (χ0) is 21.0. The van der Waals surface area contributed by atoms with Gasteiger partial charge in [-0.25, -0.2) is 0 Å². The van der Waals surface area contributed by atoms with Crippen LogP contribution in [0.3, 0.4) is 0 Å². The molecule has 3 rings (SSSR count). The van der Waals surface area contributed by atoms with Crippen LogP contribution in [0, 0.1) is 0 Å². The summed E-state index contributed by atoms with van der Waals surface area (Å²) in [5.74, 6) is 0.471. The lowest BCUT2D eigenvalue weighted by Gasteiger charge is -2.22. The monoisotopic (exact) mass is 466 g/mol. The number of halogens is 2. The molecule has 29 heavy (non-hydrogen) atoms. The molecule has 1 saturated heterocycles. The second-order valence-corrected chi connectivity index (χ2v) is 8.83. The van der Waals surface area contributed by atoms with Crippen molar-refractivity contribution in [2.75, 3.05) is 18.0 Å². The molecule has 0 unspecified atom stereocenters. The molecule has 152 valence electrons. The predicted octanol–water partition coefficient (Wildman–Crippen LogP) is 5.91. The molecule has 0 radical (unpaired) electrons. The minimum Gasteiger partial charge on any atom is -0.488 e. The summed E-state index contributed by atoms with van der Waals surface area (Å²) in [7, 11) is 0. The highest BCUT2D eigenvalue weighted by molar-refractivity contribution is 8.26. The third-order valence-corrected chi connectivity index (χ3v) is 6.20. The molecule has 2 aromatic carbocycles. The molecule has 0 spiro atoms. The quantitative estimate of drug-likeness (QED) is 0.405. The average molecular weight is 467 g/mol. The van der Waals surface area contributed by atoms with Gasteiger partial charge in [-0.05, 0) is 44.2 Å². The van der Waals surface area contributed by atoms with E-state index in [1.165, 1.54) is 11.8 Å². The third-order valence-electron chi connectivity index (χ3n) is 4.45. The van der Waals surface area contributed by atoms with E-state index in [0.717, 1.165) is 29.9 Å². The van der Waals surface area contributed by atoms with E-state index < -0.39 is 0 Å². The van der Waals surface area contributed by atoms with E-state index >= 15 is 0 Å². The fourth-order valence-corrected chi connectivity index (χ4v) is 4.41. The smallest absolute Gasteiger partial charge is 0.263 e. The summed E-state index contributed by atoms with van der Waals surface area (Å²) in [6.07, 6.45) is 1.80. The van der Waals surface area contributed by atoms with E-state index in [9.17, 15) is 4.79 Å². The lowest BCUT2D eigenvalue weighted by atomic mass is 10.1. The van der Waals surface area contributed by atoms with Crippen molar-refractivity contribution in [3.63, 3.8) is 0 Å². The number of anilines is 1. The number of carbonyl (C=O) groups is 1. The number of thioether (sulfide) groups is 1. The van der Waals surface area contributed by atoms with Crippen molar-refractivity contribution in [1.82, 2.24) is 5.32 Å². The number of carbonyl (C=O) groups excluding carboxylic acids is 1. The lowest BCUT2D eigenvalue weighted by Crippen LogP contribution is -2.21. The van der Waals surface area contributed by atoms with Gasteiger partial charge in [0.1, 0.15) is 16.7 Å². The van der Waals surface area contributed by atoms with E-state index in [-0.39, 0.29) is 12.5 Å². The summed E-state index contributed by atoms with van der Waals surface area (Å²) in [4.78, 5) is 14.8. The molecule has 0 atom stereocenters. The van der Waals surface area contributed by atoms with Crippen LogP contribution in [0.4, 0.5) is 5.69 Å². The maximum Gasteiger partial charge on any atom is 0.263 e. The molecule has 1 heterocycles. The first-order valence-electron chi connectivity index (χ1n) is 9.11. The fourth-order valence-electron chi connectivity index (χ4n) is 2.91. The molecule has 8 heteroatoms. The normalized spacial score (nSPS) is 15.0. The molecule has 1 N–H and O–H groups in total. The number of nitrogens with one attached hydrogen (secondary N) is 1. The maximum absolute atomic E-state index is 12.1. The zero-order valence-corrected chi connectivity index (χ0v) is 19.1. The number of thiocarbonyl (C=S) groups is 1. The van der Waals surface area contributed by atoms with E-state index in [4.69, 9.17) is 40.2 Å². The van der Waals surface area contributed by atoms with Gasteiger partial charge in [-0.1, -0.05) is 53.2 Å². The highest BCUT2D eigenvalue weighted by Gasteiger charge is 2.22. The zero-order valence-electron chi connectivity index (χ0n) is 16.0. The summed E-state index contributed by atoms with van der Waals surface area (Å²) in [5.41, 5.74) is 2.68. The fraction of sp³-hybridized carbons (Fsp3) is 0.238. The Balaban J connectivity index is 1.94. The Hall–Kier alpha value is -1.73. The number of amides is 1. The van der Waals surface area contributed by atoms with Crippen molar-refractivity contribution in [2.24, 2.45) is 0 Å². The van der Waals surface area contributed by atoms with Crippen LogP contribution < -0.4 is 15.0 Å². The van der Waals surface area contributed by atoms with Gasteiger partial charge in [-0.2, -0.15) is 0 Å². The van der Waals surface area contributed by atoms with E-state index in [0.29, 0.717) is 25.0 Å². The van der Waals surface area contributed by atoms with Gasteiger partial charge in [0.15, 0.2) is 0 Å². The van der Waals surface area contributed by atoms with Crippen LogP contribution in [-0.2, 0) is 11.4 Å². The van der Waals surface area contributed by atoms with Crippen molar-refractivity contribution in [2.45, 2.75) is 20.5 Å². The Morgan fingerprint density at radius 3 is 2.55 bits per heavy atom. The first-order chi connectivity index (χ1) is 13.9. The molecule has 0 saturated carbocycles. The van der Waals surface area contributed by atoms with Gasteiger partial charge in [-0.15, -0.1) is 0 Å². The summed E-state index contributed by atoms with van der Waals surface area (Å²) in [5, 5.41) is 3.76. The van der Waals surface area contributed by atoms with Crippen LogP contribution in [0.1, 0.15) is 25.0 Å². The molecule has 1 aliphatic heterocycles. The topological polar surface area (TPSA) is 41.6 Å². The largest absolute Gasteiger partial charge is 0.488 e. The van der Waals surface area contributed by atoms with Crippen LogP contribution >= 0.6 is 47.2 Å². The predicted molar refractivity (Wildman–Crippen MR) is 127 cm³/mol. The van der Waals surface area contributed by atoms with Gasteiger partial charge in [-0.3, -0.25) is 4.79 Å². The standard InChI is InChI=1S/C21H20Cl2N2O2S2/c1-3-25(4-2)16-8-6-13(9-19-20(26)24-21(28)29-19)18(11-16)27-12-14-5-7-15(22)10-17(14)23/h5-11H,3-4,12H2,1-2H3,(H,24,26,28)/b19-9+. The maximum atomic E-state index is 12.1. The highest BCUT2D eigenvalue weighted by atomic mass is 35.5. The lowest BCUT2D eigenvalue weighted by molar-refractivity contribution is -0.115. The van der Waals surface area contributed by atoms with Gasteiger partial charge in [0.2, 0.25) is 0 Å². The number of hydrogen-bond donors (Lipinski definition) is 1. The molecule has 0 bridgehead atoms. The Morgan fingerprint density at radius 1 is 1.17 bits per heavy atom. The van der Waals surface area contributed by atoms with Crippen LogP contribution in [0.5, 0.6) is 5.75 Å². The molecule has 1 amide bonds. The number of ether oxygens (including phenoxy) is 1. The number of nitrogens with zero attached hydrogens (tertiary/aromatic N) is 1. The van der Waals surface area contributed by atoms with Gasteiger partial charge in [0, 0.05) is 46.0 Å². The van der Waals surface area contributed by atoms with Crippen LogP contribution in [0.15, 0.2) is 41.3 Å². The second kappa shape index (κ2) is 9.85. The van der Waals surface area contributed by atoms with E-state index in [1.807, 2.05) is 24.3 Å². The molecule has 4 nitrogen and oxygen atoms in total. The van der Waals surface area contributed by atoms with E-state index in [2.05, 4.69) is 24.1 Å². The number of benzene rings is 2. The Kier molecular flexibility index (Phi) is 7.46. The second-order valence-electron chi connectivity index (χ2n) is 6.27. The van der Waals surface area contributed by atoms with Crippen LogP contribution in [0.25, 0.3) is 6.08 Å². The molecule has 1 fully saturated rings. The molecule has 1 aliphatic rings. The summed E-state index contributed by atoms with van der Waals surface area (Å²) >= 11 is 18.6. The minimum absolute atomic E-state index is 0.195. The van der Waals surface area contributed by atoms with Crippen molar-refractivity contribution >= 4 is 69.2 Å². The van der Waals surface area contributed by atoms with Crippen LogP contribution in [-0.4, -0.2) is 23.3 Å². The van der Waals surface area contributed by atoms with Crippen molar-refractivity contribution in [1.29, 1.82) is 0 Å². The summed E-state index contributed by atoms with van der Waals surface area (Å²) in [6, 6.07) is 11.3. The van der Waals surface area contributed by atoms with Crippen LogP contribution in [0.2, 0.25) is 10.0 Å². The Labute approximate surface area is 190 Å². The van der Waals surface area contributed by atoms with Gasteiger partial charge >= 0.3 is 0 Å². The van der Waals surface area contributed by atoms with Gasteiger partial charge in [0.05, 0.1) is 4.91 Å². The van der Waals surface area contributed by atoms with Crippen molar-refractivity contribution < 1.29 is 9.53 Å².